The number of non-ortho nitro benzene ring substituents is 1. The fourth-order valence-electron chi connectivity index (χ4n) is 2.97. The Morgan fingerprint density at radius 3 is 2.33 bits per heavy atom. The van der Waals surface area contributed by atoms with E-state index in [-0.39, 0.29) is 40.1 Å². The van der Waals surface area contributed by atoms with E-state index < -0.39 is 49.2 Å². The van der Waals surface area contributed by atoms with E-state index in [9.17, 15) is 33.2 Å². The summed E-state index contributed by atoms with van der Waals surface area (Å²) in [6.45, 7) is 3.23. The normalized spacial score (nSPS) is 25.9. The average Bonchev–Trinajstić information content (AvgIpc) is 2.81. The van der Waals surface area contributed by atoms with Gasteiger partial charge < -0.3 is 14.8 Å². The Bertz CT molecular complexity index is 902. The van der Waals surface area contributed by atoms with E-state index in [1.165, 1.54) is 0 Å². The number of nitro groups is 1. The van der Waals surface area contributed by atoms with Gasteiger partial charge in [-0.25, -0.2) is 4.18 Å². The number of carbonyl (C=O) groups is 2. The number of benzene rings is 1. The first-order chi connectivity index (χ1) is 12.0. The Hall–Kier alpha value is -1.18. The van der Waals surface area contributed by atoms with Crippen molar-refractivity contribution in [2.45, 2.75) is 41.0 Å². The third kappa shape index (κ3) is 3.74. The second kappa shape index (κ2) is 7.33. The molecule has 0 saturated carbocycles. The van der Waals surface area contributed by atoms with Crippen LogP contribution >= 0.6 is 11.8 Å². The maximum Gasteiger partial charge on any atom is 1.00 e. The minimum absolute atomic E-state index is 0. The fraction of sp³-hybridized carbons (Fsp3) is 0.429. The number of nitrogens with zero attached hydrogens (tertiary/aromatic N) is 2. The Morgan fingerprint density at radius 2 is 1.85 bits per heavy atom. The van der Waals surface area contributed by atoms with Gasteiger partial charge >= 0.3 is 29.6 Å². The molecule has 27 heavy (non-hydrogen) atoms. The standard InChI is InChI=1S/C14H14N2O8S2.Na/c1-14(2)10(13(18)19)15-11(17)9(12(15)25-14)24-26(22,23)8-5-3-7(4-6-8)16(20)21;/h3-6,9-10,12H,1-2H3,(H,18,19);/q;+1/p-1/t9-,10+,12-;/m1./s1. The molecule has 2 saturated heterocycles. The van der Waals surface area contributed by atoms with Crippen LogP contribution < -0.4 is 34.7 Å². The van der Waals surface area contributed by atoms with Crippen LogP contribution in [-0.2, 0) is 23.9 Å². The van der Waals surface area contributed by atoms with Crippen LogP contribution in [0.4, 0.5) is 5.69 Å². The number of hydrogen-bond acceptors (Lipinski definition) is 9. The topological polar surface area (TPSA) is 147 Å². The summed E-state index contributed by atoms with van der Waals surface area (Å²) in [6.07, 6.45) is -1.36. The van der Waals surface area contributed by atoms with Gasteiger partial charge in [-0.1, -0.05) is 0 Å². The number of thioether (sulfide) groups is 1. The molecule has 1 aromatic rings. The summed E-state index contributed by atoms with van der Waals surface area (Å²) in [5.74, 6) is -2.18. The van der Waals surface area contributed by atoms with Gasteiger partial charge in [-0.05, 0) is 26.0 Å². The number of carboxylic acids is 1. The van der Waals surface area contributed by atoms with Crippen molar-refractivity contribution in [2.75, 3.05) is 0 Å². The molecule has 0 radical (unpaired) electrons. The molecule has 2 fully saturated rings. The second-order valence-electron chi connectivity index (χ2n) is 6.30. The molecule has 0 bridgehead atoms. The molecule has 0 aromatic heterocycles. The van der Waals surface area contributed by atoms with Gasteiger partial charge in [0.2, 0.25) is 0 Å². The van der Waals surface area contributed by atoms with Gasteiger partial charge in [-0.2, -0.15) is 8.42 Å². The molecule has 2 aliphatic heterocycles. The number of aliphatic carboxylic acids is 1. The molecule has 0 N–H and O–H groups in total. The fourth-order valence-corrected chi connectivity index (χ4v) is 5.68. The van der Waals surface area contributed by atoms with Crippen molar-refractivity contribution in [1.82, 2.24) is 4.90 Å². The summed E-state index contributed by atoms with van der Waals surface area (Å²) in [5, 5.41) is 21.2. The molecular weight excluding hydrogens is 411 g/mol. The van der Waals surface area contributed by atoms with Crippen LogP contribution in [0.25, 0.3) is 0 Å². The average molecular weight is 424 g/mol. The van der Waals surface area contributed by atoms with Crippen LogP contribution in [0.1, 0.15) is 13.8 Å². The van der Waals surface area contributed by atoms with Crippen molar-refractivity contribution < 1.29 is 61.8 Å². The first-order valence-electron chi connectivity index (χ1n) is 7.34. The Balaban J connectivity index is 0.00000261. The number of carbonyl (C=O) groups excluding carboxylic acids is 2. The summed E-state index contributed by atoms with van der Waals surface area (Å²) < 4.78 is 28.8. The number of rotatable bonds is 5. The molecule has 2 heterocycles. The third-order valence-electron chi connectivity index (χ3n) is 4.18. The first-order valence-corrected chi connectivity index (χ1v) is 9.63. The third-order valence-corrected chi connectivity index (χ3v) is 7.04. The smallest absolute Gasteiger partial charge is 0.548 e. The molecule has 3 rings (SSSR count). The van der Waals surface area contributed by atoms with E-state index in [1.54, 1.807) is 13.8 Å². The molecule has 140 valence electrons. The first kappa shape index (κ1) is 22.1. The van der Waals surface area contributed by atoms with Gasteiger partial charge in [0, 0.05) is 16.9 Å². The zero-order valence-electron chi connectivity index (χ0n) is 14.5. The van der Waals surface area contributed by atoms with Crippen LogP contribution in [0.15, 0.2) is 29.2 Å². The van der Waals surface area contributed by atoms with Crippen molar-refractivity contribution in [3.8, 4) is 0 Å². The van der Waals surface area contributed by atoms with Crippen molar-refractivity contribution >= 4 is 39.4 Å². The SMILES string of the molecule is CC1(C)S[C@@H]2[C@H](OS(=O)(=O)c3ccc([N+](=O)[O-])cc3)C(=O)N2[C@H]1C(=O)[O-].[Na+]. The van der Waals surface area contributed by atoms with E-state index in [0.29, 0.717) is 0 Å². The Kier molecular flexibility index (Phi) is 6.01. The zero-order valence-corrected chi connectivity index (χ0v) is 18.2. The monoisotopic (exact) mass is 424 g/mol. The number of amides is 1. The second-order valence-corrected chi connectivity index (χ2v) is 9.64. The van der Waals surface area contributed by atoms with E-state index >= 15 is 0 Å². The van der Waals surface area contributed by atoms with Crippen molar-refractivity contribution in [1.29, 1.82) is 0 Å². The summed E-state index contributed by atoms with van der Waals surface area (Å²) in [4.78, 5) is 34.2. The van der Waals surface area contributed by atoms with Crippen molar-refractivity contribution in [3.05, 3.63) is 34.4 Å². The molecule has 0 spiro atoms. The van der Waals surface area contributed by atoms with Gasteiger partial charge in [0.15, 0.2) is 6.10 Å². The quantitative estimate of drug-likeness (QED) is 0.154. The molecule has 10 nitrogen and oxygen atoms in total. The number of fused-ring (bicyclic) bond motifs is 1. The van der Waals surface area contributed by atoms with E-state index in [0.717, 1.165) is 40.9 Å². The number of carboxylic acid groups (broad SMARTS) is 1. The number of β-lactam (4-membered cyclic amide) rings is 1. The molecular formula is C14H13N2NaO8S2. The molecule has 3 atom stereocenters. The van der Waals surface area contributed by atoms with Gasteiger partial charge in [0.25, 0.3) is 21.7 Å². The molecule has 1 amide bonds. The summed E-state index contributed by atoms with van der Waals surface area (Å²) >= 11 is 1.11. The summed E-state index contributed by atoms with van der Waals surface area (Å²) in [7, 11) is -4.36. The number of nitro benzene ring substituents is 1. The minimum atomic E-state index is -4.36. The van der Waals surface area contributed by atoms with Crippen LogP contribution in [0.5, 0.6) is 0 Å². The van der Waals surface area contributed by atoms with E-state index in [2.05, 4.69) is 0 Å². The van der Waals surface area contributed by atoms with Crippen LogP contribution in [-0.4, -0.2) is 52.4 Å². The molecule has 0 aliphatic carbocycles. The van der Waals surface area contributed by atoms with E-state index in [4.69, 9.17) is 4.18 Å². The molecule has 13 heteroatoms. The van der Waals surface area contributed by atoms with E-state index in [1.807, 2.05) is 0 Å². The Morgan fingerprint density at radius 1 is 1.30 bits per heavy atom. The largest absolute Gasteiger partial charge is 1.00 e. The van der Waals surface area contributed by atoms with Gasteiger partial charge in [0.05, 0.1) is 21.8 Å². The zero-order chi connectivity index (χ0) is 19.4. The summed E-state index contributed by atoms with van der Waals surface area (Å²) in [5.41, 5.74) is -0.292. The maximum atomic E-state index is 12.3. The molecule has 0 unspecified atom stereocenters. The summed E-state index contributed by atoms with van der Waals surface area (Å²) in [6, 6.07) is 2.83. The van der Waals surface area contributed by atoms with Gasteiger partial charge in [-0.15, -0.1) is 11.8 Å². The van der Waals surface area contributed by atoms with Gasteiger partial charge in [-0.3, -0.25) is 14.9 Å². The predicted octanol–water partition coefficient (Wildman–Crippen LogP) is -3.52. The van der Waals surface area contributed by atoms with Crippen molar-refractivity contribution in [3.63, 3.8) is 0 Å². The van der Waals surface area contributed by atoms with Crippen LogP contribution in [0, 0.1) is 10.1 Å². The van der Waals surface area contributed by atoms with Gasteiger partial charge in [0.1, 0.15) is 5.37 Å². The predicted molar refractivity (Wildman–Crippen MR) is 86.3 cm³/mol. The van der Waals surface area contributed by atoms with Crippen LogP contribution in [0.3, 0.4) is 0 Å². The minimum Gasteiger partial charge on any atom is -0.548 e. The van der Waals surface area contributed by atoms with Crippen LogP contribution in [0.2, 0.25) is 0 Å². The molecule has 2 aliphatic rings. The molecule has 1 aromatic carbocycles. The Labute approximate surface area is 180 Å². The number of hydrogen-bond donors (Lipinski definition) is 0. The maximum absolute atomic E-state index is 12.3. The van der Waals surface area contributed by atoms with Crippen molar-refractivity contribution in [2.24, 2.45) is 0 Å².